The standard InChI is InChI=1S/C26H27FN4O4/c1-2-35-22-12-10-21(11-13-22)31(18-25(33)29-17-19-6-8-20(27)9-7-19)26(34)15-14-24(32)30-23-5-3-4-16-28-23/h3-13,16H,2,14-15,17-18H2,1H3,(H,29,33)(H,28,30,32). The van der Waals surface area contributed by atoms with Crippen LogP contribution in [0.2, 0.25) is 0 Å². The summed E-state index contributed by atoms with van der Waals surface area (Å²) in [6.07, 6.45) is 1.39. The number of aromatic nitrogens is 1. The molecule has 1 heterocycles. The number of rotatable bonds is 11. The summed E-state index contributed by atoms with van der Waals surface area (Å²) in [5.41, 5.74) is 1.23. The lowest BCUT2D eigenvalue weighted by Crippen LogP contribution is -2.41. The summed E-state index contributed by atoms with van der Waals surface area (Å²) >= 11 is 0. The van der Waals surface area contributed by atoms with Crippen molar-refractivity contribution < 1.29 is 23.5 Å². The van der Waals surface area contributed by atoms with Gasteiger partial charge >= 0.3 is 0 Å². The summed E-state index contributed by atoms with van der Waals surface area (Å²) < 4.78 is 18.5. The molecule has 3 amide bonds. The number of ether oxygens (including phenoxy) is 1. The van der Waals surface area contributed by atoms with E-state index in [9.17, 15) is 18.8 Å². The quantitative estimate of drug-likeness (QED) is 0.438. The largest absolute Gasteiger partial charge is 0.494 e. The predicted molar refractivity (Wildman–Crippen MR) is 130 cm³/mol. The van der Waals surface area contributed by atoms with Crippen LogP contribution >= 0.6 is 0 Å². The van der Waals surface area contributed by atoms with Gasteiger partial charge in [0.05, 0.1) is 6.61 Å². The number of carbonyl (C=O) groups excluding carboxylic acids is 3. The van der Waals surface area contributed by atoms with Crippen LogP contribution in [0.25, 0.3) is 0 Å². The van der Waals surface area contributed by atoms with E-state index in [1.54, 1.807) is 60.8 Å². The van der Waals surface area contributed by atoms with Gasteiger partial charge in [0, 0.05) is 31.3 Å². The monoisotopic (exact) mass is 478 g/mol. The zero-order valence-corrected chi connectivity index (χ0v) is 19.4. The molecular weight excluding hydrogens is 451 g/mol. The van der Waals surface area contributed by atoms with Gasteiger partial charge in [-0.2, -0.15) is 0 Å². The molecule has 0 radical (unpaired) electrons. The van der Waals surface area contributed by atoms with Crippen LogP contribution in [-0.2, 0) is 20.9 Å². The fourth-order valence-corrected chi connectivity index (χ4v) is 3.21. The van der Waals surface area contributed by atoms with Gasteiger partial charge in [-0.15, -0.1) is 0 Å². The minimum atomic E-state index is -0.394. The van der Waals surface area contributed by atoms with Crippen molar-refractivity contribution >= 4 is 29.2 Å². The van der Waals surface area contributed by atoms with Crippen LogP contribution < -0.4 is 20.3 Å². The van der Waals surface area contributed by atoms with Gasteiger partial charge in [-0.05, 0) is 61.0 Å². The SMILES string of the molecule is CCOc1ccc(N(CC(=O)NCc2ccc(F)cc2)C(=O)CCC(=O)Nc2ccccn2)cc1. The number of halogens is 1. The second-order valence-corrected chi connectivity index (χ2v) is 7.57. The maximum atomic E-state index is 13.1. The highest BCUT2D eigenvalue weighted by Crippen LogP contribution is 2.21. The molecule has 0 fully saturated rings. The molecular formula is C26H27FN4O4. The van der Waals surface area contributed by atoms with Crippen molar-refractivity contribution in [1.29, 1.82) is 0 Å². The minimum Gasteiger partial charge on any atom is -0.494 e. The van der Waals surface area contributed by atoms with Crippen LogP contribution in [0.1, 0.15) is 25.3 Å². The molecule has 182 valence electrons. The summed E-state index contributed by atoms with van der Waals surface area (Å²) in [5, 5.41) is 5.37. The molecule has 2 aromatic carbocycles. The van der Waals surface area contributed by atoms with E-state index < -0.39 is 5.91 Å². The van der Waals surface area contributed by atoms with Gasteiger partial charge < -0.3 is 20.3 Å². The first-order valence-electron chi connectivity index (χ1n) is 11.2. The van der Waals surface area contributed by atoms with E-state index in [2.05, 4.69) is 15.6 Å². The zero-order valence-electron chi connectivity index (χ0n) is 19.4. The molecule has 0 aliphatic rings. The van der Waals surface area contributed by atoms with Crippen molar-refractivity contribution in [3.63, 3.8) is 0 Å². The Hall–Kier alpha value is -4.27. The van der Waals surface area contributed by atoms with Crippen LogP contribution in [0.3, 0.4) is 0 Å². The average Bonchev–Trinajstić information content (AvgIpc) is 2.87. The Balaban J connectivity index is 1.64. The van der Waals surface area contributed by atoms with E-state index in [0.717, 1.165) is 5.56 Å². The molecule has 0 spiro atoms. The van der Waals surface area contributed by atoms with E-state index >= 15 is 0 Å². The minimum absolute atomic E-state index is 0.0693. The number of hydrogen-bond donors (Lipinski definition) is 2. The molecule has 0 atom stereocenters. The van der Waals surface area contributed by atoms with Crippen molar-refractivity contribution in [1.82, 2.24) is 10.3 Å². The van der Waals surface area contributed by atoms with Gasteiger partial charge in [0.15, 0.2) is 0 Å². The normalized spacial score (nSPS) is 10.3. The molecule has 8 nitrogen and oxygen atoms in total. The first kappa shape index (κ1) is 25.4. The highest BCUT2D eigenvalue weighted by Gasteiger charge is 2.20. The van der Waals surface area contributed by atoms with Gasteiger partial charge in [-0.1, -0.05) is 18.2 Å². The summed E-state index contributed by atoms with van der Waals surface area (Å²) in [4.78, 5) is 43.3. The first-order chi connectivity index (χ1) is 16.9. The van der Waals surface area contributed by atoms with Crippen LogP contribution in [0.5, 0.6) is 5.75 Å². The number of hydrogen-bond acceptors (Lipinski definition) is 5. The topological polar surface area (TPSA) is 101 Å². The Kier molecular flexibility index (Phi) is 9.30. The number of benzene rings is 2. The van der Waals surface area contributed by atoms with Crippen LogP contribution in [-0.4, -0.2) is 35.9 Å². The van der Waals surface area contributed by atoms with Crippen molar-refractivity contribution in [2.24, 2.45) is 0 Å². The third-order valence-corrected chi connectivity index (χ3v) is 4.96. The van der Waals surface area contributed by atoms with Crippen molar-refractivity contribution in [3.05, 3.63) is 84.3 Å². The fraction of sp³-hybridized carbons (Fsp3) is 0.231. The number of amides is 3. The third kappa shape index (κ3) is 8.22. The third-order valence-electron chi connectivity index (χ3n) is 4.96. The lowest BCUT2D eigenvalue weighted by Gasteiger charge is -2.23. The molecule has 0 saturated heterocycles. The molecule has 0 aliphatic heterocycles. The molecule has 2 N–H and O–H groups in total. The molecule has 0 aliphatic carbocycles. The fourth-order valence-electron chi connectivity index (χ4n) is 3.21. The van der Waals surface area contributed by atoms with Gasteiger partial charge in [0.25, 0.3) is 0 Å². The Morgan fingerprint density at radius 2 is 1.69 bits per heavy atom. The zero-order chi connectivity index (χ0) is 25.0. The second-order valence-electron chi connectivity index (χ2n) is 7.57. The molecule has 0 unspecified atom stereocenters. The molecule has 3 rings (SSSR count). The molecule has 3 aromatic rings. The van der Waals surface area contributed by atoms with Crippen molar-refractivity contribution in [2.45, 2.75) is 26.3 Å². The first-order valence-corrected chi connectivity index (χ1v) is 11.2. The van der Waals surface area contributed by atoms with Gasteiger partial charge in [-0.3, -0.25) is 14.4 Å². The van der Waals surface area contributed by atoms with Crippen LogP contribution in [0, 0.1) is 5.82 Å². The number of pyridine rings is 1. The van der Waals surface area contributed by atoms with Crippen LogP contribution in [0.4, 0.5) is 15.9 Å². The maximum absolute atomic E-state index is 13.1. The number of nitrogens with one attached hydrogen (secondary N) is 2. The van der Waals surface area contributed by atoms with Crippen LogP contribution in [0.15, 0.2) is 72.9 Å². The average molecular weight is 479 g/mol. The van der Waals surface area contributed by atoms with E-state index in [0.29, 0.717) is 23.9 Å². The number of nitrogens with zero attached hydrogens (tertiary/aromatic N) is 2. The molecule has 1 aromatic heterocycles. The summed E-state index contributed by atoms with van der Waals surface area (Å²) in [6.45, 7) is 2.32. The molecule has 35 heavy (non-hydrogen) atoms. The Labute approximate surface area is 203 Å². The summed E-state index contributed by atoms with van der Waals surface area (Å²) in [6, 6.07) is 17.7. The number of anilines is 2. The van der Waals surface area contributed by atoms with E-state index in [4.69, 9.17) is 4.74 Å². The molecule has 0 saturated carbocycles. The lowest BCUT2D eigenvalue weighted by molar-refractivity contribution is -0.125. The summed E-state index contributed by atoms with van der Waals surface area (Å²) in [5.74, 6) is -0.465. The van der Waals surface area contributed by atoms with Gasteiger partial charge in [0.1, 0.15) is 23.9 Å². The van der Waals surface area contributed by atoms with Crippen molar-refractivity contribution in [2.75, 3.05) is 23.4 Å². The highest BCUT2D eigenvalue weighted by atomic mass is 19.1. The Morgan fingerprint density at radius 1 is 0.943 bits per heavy atom. The summed E-state index contributed by atoms with van der Waals surface area (Å²) in [7, 11) is 0. The lowest BCUT2D eigenvalue weighted by atomic mass is 10.2. The molecule has 0 bridgehead atoms. The van der Waals surface area contributed by atoms with E-state index in [-0.39, 0.29) is 43.6 Å². The Morgan fingerprint density at radius 3 is 2.34 bits per heavy atom. The van der Waals surface area contributed by atoms with Gasteiger partial charge in [0.2, 0.25) is 17.7 Å². The van der Waals surface area contributed by atoms with E-state index in [1.165, 1.54) is 17.0 Å². The highest BCUT2D eigenvalue weighted by molar-refractivity contribution is 6.01. The number of carbonyl (C=O) groups is 3. The van der Waals surface area contributed by atoms with E-state index in [1.807, 2.05) is 6.92 Å². The Bertz CT molecular complexity index is 1120. The maximum Gasteiger partial charge on any atom is 0.240 e. The van der Waals surface area contributed by atoms with Crippen molar-refractivity contribution in [3.8, 4) is 5.75 Å². The van der Waals surface area contributed by atoms with Gasteiger partial charge in [-0.25, -0.2) is 9.37 Å². The molecule has 9 heteroatoms. The smallest absolute Gasteiger partial charge is 0.240 e. The predicted octanol–water partition coefficient (Wildman–Crippen LogP) is 3.69. The second kappa shape index (κ2) is 12.8.